The van der Waals surface area contributed by atoms with Gasteiger partial charge in [0.15, 0.2) is 0 Å². The minimum Gasteiger partial charge on any atom is -0.355 e. The Morgan fingerprint density at radius 3 is 1.89 bits per heavy atom. The molecule has 0 bridgehead atoms. The van der Waals surface area contributed by atoms with Gasteiger partial charge < -0.3 is 26.6 Å². The van der Waals surface area contributed by atoms with E-state index in [-0.39, 0.29) is 52.4 Å². The largest absolute Gasteiger partial charge is 0.355 e. The Bertz CT molecular complexity index is 1430. The van der Waals surface area contributed by atoms with Gasteiger partial charge in [-0.05, 0) is 62.4 Å². The Kier molecular flexibility index (Phi) is 13.6. The molecule has 4 amide bonds. The van der Waals surface area contributed by atoms with Gasteiger partial charge >= 0.3 is 0 Å². The fraction of sp³-hybridized carbons (Fsp3) is 0.371. The molecule has 0 fully saturated rings. The zero-order valence-corrected chi connectivity index (χ0v) is 27.3. The first-order valence-corrected chi connectivity index (χ1v) is 15.7. The van der Waals surface area contributed by atoms with Crippen LogP contribution in [0.1, 0.15) is 72.5 Å². The average Bonchev–Trinajstić information content (AvgIpc) is 3.02. The highest BCUT2D eigenvalue weighted by Gasteiger charge is 2.26. The molecule has 45 heavy (non-hydrogen) atoms. The Morgan fingerprint density at radius 2 is 1.31 bits per heavy atom. The van der Waals surface area contributed by atoms with Crippen molar-refractivity contribution in [3.63, 3.8) is 0 Å². The number of halogens is 1. The van der Waals surface area contributed by atoms with Crippen LogP contribution in [0.2, 0.25) is 5.02 Å². The average molecular weight is 634 g/mol. The van der Waals surface area contributed by atoms with E-state index in [4.69, 9.17) is 11.6 Å². The third-order valence-corrected chi connectivity index (χ3v) is 7.61. The third-order valence-electron chi connectivity index (χ3n) is 7.39. The summed E-state index contributed by atoms with van der Waals surface area (Å²) in [4.78, 5) is 52.0. The monoisotopic (exact) mass is 633 g/mol. The molecule has 3 aromatic carbocycles. The first kappa shape index (κ1) is 35.3. The van der Waals surface area contributed by atoms with Gasteiger partial charge in [0.25, 0.3) is 11.8 Å². The summed E-state index contributed by atoms with van der Waals surface area (Å²) in [5, 5.41) is 15.1. The molecule has 0 radical (unpaired) electrons. The van der Waals surface area contributed by atoms with Gasteiger partial charge in [0.1, 0.15) is 6.04 Å². The second-order valence-corrected chi connectivity index (χ2v) is 11.9. The molecule has 0 aliphatic carbocycles. The molecule has 9 nitrogen and oxygen atoms in total. The van der Waals surface area contributed by atoms with Gasteiger partial charge in [-0.15, -0.1) is 0 Å². The summed E-state index contributed by atoms with van der Waals surface area (Å²) in [6.45, 7) is 9.91. The number of nitrogens with one attached hydrogen (secondary N) is 5. The summed E-state index contributed by atoms with van der Waals surface area (Å²) < 4.78 is 0. The maximum atomic E-state index is 13.5. The fourth-order valence-electron chi connectivity index (χ4n) is 4.81. The van der Waals surface area contributed by atoms with E-state index < -0.39 is 24.0 Å². The molecular formula is C35H44ClN5O4. The zero-order chi connectivity index (χ0) is 32.9. The van der Waals surface area contributed by atoms with Crippen molar-refractivity contribution >= 4 is 35.2 Å². The molecule has 5 N–H and O–H groups in total. The predicted octanol–water partition coefficient (Wildman–Crippen LogP) is 4.43. The fourth-order valence-corrected chi connectivity index (χ4v) is 5.04. The summed E-state index contributed by atoms with van der Waals surface area (Å²) in [6, 6.07) is 21.9. The van der Waals surface area contributed by atoms with E-state index in [0.717, 1.165) is 11.1 Å². The molecule has 0 aromatic heterocycles. The van der Waals surface area contributed by atoms with Gasteiger partial charge in [-0.3, -0.25) is 19.2 Å². The zero-order valence-electron chi connectivity index (χ0n) is 26.5. The maximum Gasteiger partial charge on any atom is 0.251 e. The number of carbonyl (C=O) groups excluding carboxylic acids is 4. The van der Waals surface area contributed by atoms with Gasteiger partial charge in [0, 0.05) is 35.3 Å². The van der Waals surface area contributed by atoms with Crippen molar-refractivity contribution < 1.29 is 19.2 Å². The molecule has 0 aliphatic heterocycles. The summed E-state index contributed by atoms with van der Waals surface area (Å²) in [7, 11) is 0. The van der Waals surface area contributed by atoms with Crippen LogP contribution < -0.4 is 26.6 Å². The van der Waals surface area contributed by atoms with E-state index in [1.807, 2.05) is 88.4 Å². The van der Waals surface area contributed by atoms with Crippen LogP contribution in [0.15, 0.2) is 78.9 Å². The number of likely N-dealkylation sites (N-methyl/N-ethyl adjacent to an activating group) is 1. The predicted molar refractivity (Wildman–Crippen MR) is 178 cm³/mol. The summed E-state index contributed by atoms with van der Waals surface area (Å²) in [5.74, 6) is -1.40. The van der Waals surface area contributed by atoms with Gasteiger partial charge in [0.2, 0.25) is 11.8 Å². The van der Waals surface area contributed by atoms with Gasteiger partial charge in [-0.2, -0.15) is 0 Å². The van der Waals surface area contributed by atoms with Crippen LogP contribution in [0.4, 0.5) is 0 Å². The third kappa shape index (κ3) is 11.0. The smallest absolute Gasteiger partial charge is 0.251 e. The molecule has 3 rings (SSSR count). The normalized spacial score (nSPS) is 13.7. The van der Waals surface area contributed by atoms with Crippen LogP contribution >= 0.6 is 11.6 Å². The van der Waals surface area contributed by atoms with Crippen molar-refractivity contribution in [2.75, 3.05) is 13.1 Å². The maximum absolute atomic E-state index is 13.5. The molecule has 3 aromatic rings. The van der Waals surface area contributed by atoms with Crippen LogP contribution in [0, 0.1) is 5.92 Å². The summed E-state index contributed by atoms with van der Waals surface area (Å²) in [5.41, 5.74) is 2.46. The molecule has 0 spiro atoms. The lowest BCUT2D eigenvalue weighted by molar-refractivity contribution is -0.130. The molecule has 0 saturated heterocycles. The highest BCUT2D eigenvalue weighted by atomic mass is 35.5. The van der Waals surface area contributed by atoms with E-state index >= 15 is 0 Å². The minimum atomic E-state index is -0.661. The quantitative estimate of drug-likeness (QED) is 0.169. The molecule has 240 valence electrons. The Balaban J connectivity index is 1.71. The molecular weight excluding hydrogens is 590 g/mol. The summed E-state index contributed by atoms with van der Waals surface area (Å²) in [6.07, 6.45) is 0.490. The molecule has 0 saturated carbocycles. The lowest BCUT2D eigenvalue weighted by atomic mass is 10.0. The van der Waals surface area contributed by atoms with Gasteiger partial charge in [-0.25, -0.2) is 0 Å². The Labute approximate surface area is 270 Å². The second-order valence-electron chi connectivity index (χ2n) is 11.4. The number of carbonyl (C=O) groups is 4. The molecule has 0 unspecified atom stereocenters. The van der Waals surface area contributed by atoms with Crippen LogP contribution in [0.25, 0.3) is 0 Å². The number of hydrogen-bond donors (Lipinski definition) is 5. The van der Waals surface area contributed by atoms with E-state index in [1.54, 1.807) is 6.92 Å². The lowest BCUT2D eigenvalue weighted by Gasteiger charge is -2.25. The minimum absolute atomic E-state index is 0.0935. The van der Waals surface area contributed by atoms with Crippen molar-refractivity contribution in [3.05, 3.63) is 106 Å². The second kappa shape index (κ2) is 17.3. The topological polar surface area (TPSA) is 128 Å². The molecule has 0 heterocycles. The Hall–Kier alpha value is -4.21. The highest BCUT2D eigenvalue weighted by Crippen LogP contribution is 2.18. The van der Waals surface area contributed by atoms with Crippen molar-refractivity contribution in [3.8, 4) is 0 Å². The number of benzene rings is 3. The molecule has 10 heteroatoms. The van der Waals surface area contributed by atoms with Gasteiger partial charge in [0.05, 0.1) is 12.1 Å². The molecule has 0 aliphatic rings. The number of hydrogen-bond acceptors (Lipinski definition) is 5. The van der Waals surface area contributed by atoms with E-state index in [1.165, 1.54) is 18.2 Å². The Morgan fingerprint density at radius 1 is 0.733 bits per heavy atom. The lowest BCUT2D eigenvalue weighted by Crippen LogP contribution is -2.55. The first-order chi connectivity index (χ1) is 21.5. The van der Waals surface area contributed by atoms with Crippen molar-refractivity contribution in [2.24, 2.45) is 5.92 Å². The van der Waals surface area contributed by atoms with Crippen LogP contribution in [0.5, 0.6) is 0 Å². The van der Waals surface area contributed by atoms with E-state index in [2.05, 4.69) is 26.6 Å². The SMILES string of the molecule is CCNC(=O)[C@@H](NC(=O)[C@H](C)NC[C@H](Cc1ccccc1)NC(=O)c1cc(Cl)cc(C(=O)N[C@H](C)c2ccccc2)c1)C(C)C. The van der Waals surface area contributed by atoms with Crippen molar-refractivity contribution in [1.82, 2.24) is 26.6 Å². The van der Waals surface area contributed by atoms with Crippen molar-refractivity contribution in [1.29, 1.82) is 0 Å². The number of rotatable bonds is 15. The van der Waals surface area contributed by atoms with E-state index in [0.29, 0.717) is 13.0 Å². The summed E-state index contributed by atoms with van der Waals surface area (Å²) >= 11 is 6.36. The van der Waals surface area contributed by atoms with Crippen molar-refractivity contribution in [2.45, 2.75) is 65.2 Å². The van der Waals surface area contributed by atoms with Crippen LogP contribution in [-0.4, -0.2) is 54.8 Å². The first-order valence-electron chi connectivity index (χ1n) is 15.3. The van der Waals surface area contributed by atoms with Gasteiger partial charge in [-0.1, -0.05) is 86.1 Å². The standard InChI is InChI=1S/C35H44ClN5O4/c1-6-37-35(45)31(22(2)3)41-32(42)24(5)38-21-30(17-25-13-9-7-10-14-25)40-34(44)28-18-27(19-29(36)20-28)33(43)39-23(4)26-15-11-8-12-16-26/h7-16,18-20,22-24,30-31,38H,6,17,21H2,1-5H3,(H,37,45)(H,39,43)(H,40,44)(H,41,42)/t23-,24+,30+,31+/m1/s1. The van der Waals surface area contributed by atoms with Crippen LogP contribution in [-0.2, 0) is 16.0 Å². The van der Waals surface area contributed by atoms with E-state index in [9.17, 15) is 19.2 Å². The van der Waals surface area contributed by atoms with Crippen LogP contribution in [0.3, 0.4) is 0 Å². The molecule has 4 atom stereocenters. The number of amides is 4. The highest BCUT2D eigenvalue weighted by molar-refractivity contribution is 6.31.